The van der Waals surface area contributed by atoms with Gasteiger partial charge in [-0.05, 0) is 52.4 Å². The van der Waals surface area contributed by atoms with Crippen LogP contribution in [0.15, 0.2) is 97.1 Å². The molecule has 0 saturated heterocycles. The van der Waals surface area contributed by atoms with Gasteiger partial charge in [-0.2, -0.15) is 0 Å². The van der Waals surface area contributed by atoms with E-state index in [1.54, 1.807) is 24.3 Å². The van der Waals surface area contributed by atoms with E-state index in [4.69, 9.17) is 4.74 Å². The second-order valence-corrected chi connectivity index (χ2v) is 8.80. The van der Waals surface area contributed by atoms with E-state index in [0.717, 1.165) is 33.4 Å². The van der Waals surface area contributed by atoms with E-state index in [9.17, 15) is 14.4 Å². The molecular formula is C31H25NO4. The minimum Gasteiger partial charge on any atom is -0.468 e. The van der Waals surface area contributed by atoms with Crippen molar-refractivity contribution in [3.8, 4) is 11.1 Å². The molecule has 2 amide bonds. The van der Waals surface area contributed by atoms with E-state index in [1.165, 1.54) is 12.0 Å². The minimum absolute atomic E-state index is 0.0356. The van der Waals surface area contributed by atoms with Gasteiger partial charge in [0.05, 0.1) is 24.8 Å². The third kappa shape index (κ3) is 3.99. The van der Waals surface area contributed by atoms with E-state index in [0.29, 0.717) is 11.1 Å². The normalized spacial score (nSPS) is 13.4. The van der Waals surface area contributed by atoms with Gasteiger partial charge in [0.1, 0.15) is 5.92 Å². The maximum absolute atomic E-state index is 13.3. The number of hydrogen-bond donors (Lipinski definition) is 0. The average Bonchev–Trinajstić information content (AvgIpc) is 3.16. The number of hydrogen-bond acceptors (Lipinski definition) is 4. The Balaban J connectivity index is 1.73. The smallest absolute Gasteiger partial charge is 0.317 e. The molecule has 36 heavy (non-hydrogen) atoms. The van der Waals surface area contributed by atoms with Crippen molar-refractivity contribution in [2.24, 2.45) is 0 Å². The molecule has 1 unspecified atom stereocenters. The van der Waals surface area contributed by atoms with Crippen molar-refractivity contribution in [2.45, 2.75) is 19.4 Å². The number of imide groups is 1. The first-order valence-electron chi connectivity index (χ1n) is 11.8. The van der Waals surface area contributed by atoms with Gasteiger partial charge in [-0.15, -0.1) is 0 Å². The molecule has 0 aliphatic carbocycles. The number of amides is 2. The second-order valence-electron chi connectivity index (χ2n) is 8.80. The van der Waals surface area contributed by atoms with Crippen LogP contribution < -0.4 is 0 Å². The van der Waals surface area contributed by atoms with Gasteiger partial charge in [-0.1, -0.05) is 84.9 Å². The van der Waals surface area contributed by atoms with Crippen LogP contribution in [0.2, 0.25) is 0 Å². The highest BCUT2D eigenvalue weighted by Gasteiger charge is 2.37. The molecule has 0 N–H and O–H groups in total. The fourth-order valence-corrected chi connectivity index (χ4v) is 4.97. The van der Waals surface area contributed by atoms with Gasteiger partial charge < -0.3 is 4.74 Å². The molecule has 5 nitrogen and oxygen atoms in total. The summed E-state index contributed by atoms with van der Waals surface area (Å²) in [5.41, 5.74) is 5.72. The van der Waals surface area contributed by atoms with Gasteiger partial charge in [0.25, 0.3) is 11.8 Å². The maximum atomic E-state index is 13.3. The summed E-state index contributed by atoms with van der Waals surface area (Å²) < 4.78 is 5.25. The first kappa shape index (κ1) is 23.2. The topological polar surface area (TPSA) is 63.7 Å². The van der Waals surface area contributed by atoms with Crippen LogP contribution in [-0.4, -0.2) is 29.8 Å². The molecule has 0 radical (unpaired) electrons. The van der Waals surface area contributed by atoms with Crippen molar-refractivity contribution in [2.75, 3.05) is 7.11 Å². The van der Waals surface area contributed by atoms with Crippen LogP contribution in [0.25, 0.3) is 11.1 Å². The Bertz CT molecular complexity index is 1430. The number of fused-ring (bicyclic) bond motifs is 1. The van der Waals surface area contributed by atoms with Crippen LogP contribution >= 0.6 is 0 Å². The highest BCUT2D eigenvalue weighted by Crippen LogP contribution is 2.38. The van der Waals surface area contributed by atoms with Crippen molar-refractivity contribution in [3.63, 3.8) is 0 Å². The molecule has 4 aromatic carbocycles. The predicted molar refractivity (Wildman–Crippen MR) is 138 cm³/mol. The predicted octanol–water partition coefficient (Wildman–Crippen LogP) is 5.76. The van der Waals surface area contributed by atoms with Gasteiger partial charge in [-0.3, -0.25) is 19.3 Å². The van der Waals surface area contributed by atoms with E-state index in [2.05, 4.69) is 0 Å². The number of carbonyl (C=O) groups excluding carboxylic acids is 3. The van der Waals surface area contributed by atoms with Crippen molar-refractivity contribution in [3.05, 3.63) is 130 Å². The summed E-state index contributed by atoms with van der Waals surface area (Å²) in [5, 5.41) is 0. The van der Waals surface area contributed by atoms with Crippen LogP contribution in [0.4, 0.5) is 0 Å². The molecule has 4 aromatic rings. The Morgan fingerprint density at radius 1 is 0.750 bits per heavy atom. The van der Waals surface area contributed by atoms with Gasteiger partial charge in [0.15, 0.2) is 0 Å². The van der Waals surface area contributed by atoms with Crippen molar-refractivity contribution >= 4 is 17.8 Å². The van der Waals surface area contributed by atoms with Gasteiger partial charge in [0, 0.05) is 0 Å². The van der Waals surface area contributed by atoms with Gasteiger partial charge >= 0.3 is 5.97 Å². The van der Waals surface area contributed by atoms with Crippen LogP contribution in [-0.2, 0) is 16.1 Å². The Hall–Kier alpha value is -4.51. The van der Waals surface area contributed by atoms with Gasteiger partial charge in [-0.25, -0.2) is 0 Å². The quantitative estimate of drug-likeness (QED) is 0.263. The number of esters is 1. The number of nitrogens with zero attached hydrogens (tertiary/aromatic N) is 1. The average molecular weight is 476 g/mol. The zero-order valence-electron chi connectivity index (χ0n) is 20.1. The fraction of sp³-hybridized carbons (Fsp3) is 0.129. The highest BCUT2D eigenvalue weighted by molar-refractivity contribution is 6.21. The molecule has 1 atom stereocenters. The molecule has 0 bridgehead atoms. The number of methoxy groups -OCH3 is 1. The molecule has 5 rings (SSSR count). The Morgan fingerprint density at radius 3 is 1.89 bits per heavy atom. The fourth-order valence-electron chi connectivity index (χ4n) is 4.97. The van der Waals surface area contributed by atoms with E-state index in [-0.39, 0.29) is 18.4 Å². The summed E-state index contributed by atoms with van der Waals surface area (Å²) >= 11 is 0. The highest BCUT2D eigenvalue weighted by atomic mass is 16.5. The summed E-state index contributed by atoms with van der Waals surface area (Å²) in [6.45, 7) is 1.97. The lowest BCUT2D eigenvalue weighted by Crippen LogP contribution is -2.31. The molecule has 0 spiro atoms. The summed E-state index contributed by atoms with van der Waals surface area (Å²) in [5.74, 6) is -1.80. The first-order chi connectivity index (χ1) is 17.5. The summed E-state index contributed by atoms with van der Waals surface area (Å²) in [6.07, 6.45) is 0. The molecule has 0 aromatic heterocycles. The maximum Gasteiger partial charge on any atom is 0.317 e. The first-order valence-corrected chi connectivity index (χ1v) is 11.8. The lowest BCUT2D eigenvalue weighted by atomic mass is 9.82. The largest absolute Gasteiger partial charge is 0.468 e. The molecule has 1 aliphatic heterocycles. The van der Waals surface area contributed by atoms with Crippen LogP contribution in [0.3, 0.4) is 0 Å². The van der Waals surface area contributed by atoms with Crippen LogP contribution in [0.1, 0.15) is 48.9 Å². The third-order valence-electron chi connectivity index (χ3n) is 6.71. The van der Waals surface area contributed by atoms with Gasteiger partial charge in [0.2, 0.25) is 0 Å². The van der Waals surface area contributed by atoms with Crippen molar-refractivity contribution in [1.82, 2.24) is 4.90 Å². The molecule has 178 valence electrons. The second kappa shape index (κ2) is 9.62. The number of aryl methyl sites for hydroxylation is 1. The zero-order chi connectivity index (χ0) is 25.2. The molecular weight excluding hydrogens is 450 g/mol. The van der Waals surface area contributed by atoms with Crippen molar-refractivity contribution < 1.29 is 19.1 Å². The lowest BCUT2D eigenvalue weighted by molar-refractivity contribution is -0.141. The van der Waals surface area contributed by atoms with E-state index in [1.807, 2.05) is 79.7 Å². The molecule has 5 heteroatoms. The number of ether oxygens (including phenoxy) is 1. The molecule has 1 aliphatic rings. The van der Waals surface area contributed by atoms with E-state index >= 15 is 0 Å². The summed E-state index contributed by atoms with van der Waals surface area (Å²) in [7, 11) is 1.37. The minimum atomic E-state index is -0.718. The number of rotatable bonds is 6. The standard InChI is InChI=1S/C31H25NO4/c1-20-17-18-23(21-11-5-3-6-12-21)26(19-32-29(33)24-15-9-10-16-25(24)30(32)34)27(20)28(31(35)36-2)22-13-7-4-8-14-22/h3-18,28H,19H2,1-2H3. The molecule has 0 fully saturated rings. The molecule has 1 heterocycles. The lowest BCUT2D eigenvalue weighted by Gasteiger charge is -2.26. The summed E-state index contributed by atoms with van der Waals surface area (Å²) in [6, 6.07) is 30.0. The van der Waals surface area contributed by atoms with E-state index < -0.39 is 11.9 Å². The van der Waals surface area contributed by atoms with Crippen molar-refractivity contribution in [1.29, 1.82) is 0 Å². The number of benzene rings is 4. The number of carbonyl (C=O) groups is 3. The Kier molecular flexibility index (Phi) is 6.21. The van der Waals surface area contributed by atoms with Crippen LogP contribution in [0.5, 0.6) is 0 Å². The van der Waals surface area contributed by atoms with Crippen LogP contribution in [0, 0.1) is 6.92 Å². The Morgan fingerprint density at radius 2 is 1.31 bits per heavy atom. The Labute approximate surface area is 210 Å². The third-order valence-corrected chi connectivity index (χ3v) is 6.71. The zero-order valence-corrected chi connectivity index (χ0v) is 20.1. The monoisotopic (exact) mass is 475 g/mol. The summed E-state index contributed by atoms with van der Waals surface area (Å²) in [4.78, 5) is 41.1. The SMILES string of the molecule is COC(=O)C(c1ccccc1)c1c(C)ccc(-c2ccccc2)c1CN1C(=O)c2ccccc2C1=O. The molecule has 0 saturated carbocycles.